The fourth-order valence-corrected chi connectivity index (χ4v) is 2.45. The second kappa shape index (κ2) is 6.14. The van der Waals surface area contributed by atoms with E-state index in [2.05, 4.69) is 4.98 Å². The second-order valence-electron chi connectivity index (χ2n) is 5.68. The van der Waals surface area contributed by atoms with E-state index in [4.69, 9.17) is 4.74 Å². The summed E-state index contributed by atoms with van der Waals surface area (Å²) in [5.41, 5.74) is 0.583. The molecule has 0 atom stereocenters. The zero-order chi connectivity index (χ0) is 17.3. The number of carbonyl (C=O) groups excluding carboxylic acids is 1. The molecule has 0 spiro atoms. The monoisotopic (exact) mass is 336 g/mol. The fraction of sp³-hybridized carbons (Fsp3) is 0.294. The molecule has 0 N–H and O–H groups in total. The molecule has 0 unspecified atom stereocenters. The van der Waals surface area contributed by atoms with Gasteiger partial charge in [0.2, 0.25) is 5.88 Å². The predicted molar refractivity (Wildman–Crippen MR) is 80.7 cm³/mol. The van der Waals surface area contributed by atoms with E-state index in [9.17, 15) is 18.0 Å². The van der Waals surface area contributed by atoms with Gasteiger partial charge in [0.15, 0.2) is 0 Å². The third-order valence-electron chi connectivity index (χ3n) is 3.70. The van der Waals surface area contributed by atoms with Gasteiger partial charge in [0, 0.05) is 11.6 Å². The Kier molecular flexibility index (Phi) is 4.17. The Morgan fingerprint density at radius 3 is 2.58 bits per heavy atom. The van der Waals surface area contributed by atoms with Gasteiger partial charge in [-0.25, -0.2) is 4.98 Å². The van der Waals surface area contributed by atoms with E-state index in [0.717, 1.165) is 11.6 Å². The predicted octanol–water partition coefficient (Wildman–Crippen LogP) is 3.31. The van der Waals surface area contributed by atoms with Gasteiger partial charge in [0.25, 0.3) is 5.91 Å². The maximum absolute atomic E-state index is 12.6. The van der Waals surface area contributed by atoms with Gasteiger partial charge in [-0.15, -0.1) is 0 Å². The lowest BCUT2D eigenvalue weighted by Gasteiger charge is -2.38. The van der Waals surface area contributed by atoms with Crippen LogP contribution in [0.3, 0.4) is 0 Å². The summed E-state index contributed by atoms with van der Waals surface area (Å²) >= 11 is 0. The van der Waals surface area contributed by atoms with Crippen molar-refractivity contribution in [3.05, 3.63) is 59.3 Å². The van der Waals surface area contributed by atoms with Crippen LogP contribution in [0.5, 0.6) is 5.88 Å². The molecule has 0 radical (unpaired) electrons. The molecule has 24 heavy (non-hydrogen) atoms. The number of ether oxygens (including phenoxy) is 1. The molecule has 1 aromatic carbocycles. The summed E-state index contributed by atoms with van der Waals surface area (Å²) in [4.78, 5) is 17.3. The number of halogens is 3. The van der Waals surface area contributed by atoms with Gasteiger partial charge in [-0.2, -0.15) is 13.2 Å². The van der Waals surface area contributed by atoms with Gasteiger partial charge >= 0.3 is 6.18 Å². The summed E-state index contributed by atoms with van der Waals surface area (Å²) in [6.07, 6.45) is -4.86. The molecule has 2 heterocycles. The van der Waals surface area contributed by atoms with Crippen LogP contribution >= 0.6 is 0 Å². The number of alkyl halides is 3. The summed E-state index contributed by atoms with van der Waals surface area (Å²) in [6, 6.07) is 10.8. The van der Waals surface area contributed by atoms with Crippen molar-refractivity contribution in [3.8, 4) is 5.88 Å². The third-order valence-corrected chi connectivity index (χ3v) is 3.70. The molecule has 0 saturated carbocycles. The summed E-state index contributed by atoms with van der Waals surface area (Å²) < 4.78 is 43.3. The normalized spacial score (nSPS) is 15.1. The van der Waals surface area contributed by atoms with E-state index < -0.39 is 11.9 Å². The van der Waals surface area contributed by atoms with Crippen LogP contribution in [0, 0.1) is 6.92 Å². The maximum Gasteiger partial charge on any atom is 0.433 e. The molecule has 1 aromatic heterocycles. The molecule has 0 aliphatic carbocycles. The first-order valence-corrected chi connectivity index (χ1v) is 7.40. The van der Waals surface area contributed by atoms with Crippen LogP contribution in [0.15, 0.2) is 42.5 Å². The zero-order valence-electron chi connectivity index (χ0n) is 12.9. The number of pyridine rings is 1. The first-order chi connectivity index (χ1) is 11.3. The average Bonchev–Trinajstić information content (AvgIpc) is 2.49. The van der Waals surface area contributed by atoms with Gasteiger partial charge in [-0.05, 0) is 25.1 Å². The van der Waals surface area contributed by atoms with Crippen LogP contribution in [-0.4, -0.2) is 35.0 Å². The largest absolute Gasteiger partial charge is 0.471 e. The summed E-state index contributed by atoms with van der Waals surface area (Å²) in [5.74, 6) is -0.201. The molecule has 0 bridgehead atoms. The first-order valence-electron chi connectivity index (χ1n) is 7.40. The number of rotatable bonds is 3. The standard InChI is InChI=1S/C17H15F3N2O2/c1-11-4-2-5-12(8-11)16(23)22-9-13(10-22)24-15-7-3-6-14(21-15)17(18,19)20/h2-8,13H,9-10H2,1H3. The van der Waals surface area contributed by atoms with E-state index in [1.165, 1.54) is 12.1 Å². The Morgan fingerprint density at radius 2 is 1.92 bits per heavy atom. The van der Waals surface area contributed by atoms with Crippen molar-refractivity contribution in [2.24, 2.45) is 0 Å². The molecule has 1 fully saturated rings. The fourth-order valence-electron chi connectivity index (χ4n) is 2.45. The topological polar surface area (TPSA) is 42.4 Å². The highest BCUT2D eigenvalue weighted by Gasteiger charge is 2.35. The summed E-state index contributed by atoms with van der Waals surface area (Å²) in [7, 11) is 0. The highest BCUT2D eigenvalue weighted by molar-refractivity contribution is 5.95. The number of nitrogens with zero attached hydrogens (tertiary/aromatic N) is 2. The minimum atomic E-state index is -4.51. The van der Waals surface area contributed by atoms with E-state index in [0.29, 0.717) is 18.7 Å². The maximum atomic E-state index is 12.6. The van der Waals surface area contributed by atoms with Crippen LogP contribution < -0.4 is 4.74 Å². The van der Waals surface area contributed by atoms with Gasteiger partial charge in [-0.3, -0.25) is 4.79 Å². The number of benzene rings is 1. The Morgan fingerprint density at radius 1 is 1.21 bits per heavy atom. The molecule has 7 heteroatoms. The highest BCUT2D eigenvalue weighted by atomic mass is 19.4. The van der Waals surface area contributed by atoms with Crippen molar-refractivity contribution in [2.45, 2.75) is 19.2 Å². The quantitative estimate of drug-likeness (QED) is 0.864. The van der Waals surface area contributed by atoms with Crippen molar-refractivity contribution in [3.63, 3.8) is 0 Å². The number of aryl methyl sites for hydroxylation is 1. The molecule has 126 valence electrons. The molecular formula is C17H15F3N2O2. The van der Waals surface area contributed by atoms with Crippen molar-refractivity contribution in [2.75, 3.05) is 13.1 Å². The molecule has 2 aromatic rings. The van der Waals surface area contributed by atoms with E-state index in [1.54, 1.807) is 17.0 Å². The summed E-state index contributed by atoms with van der Waals surface area (Å²) in [5, 5.41) is 0. The molecule has 1 aliphatic rings. The Bertz CT molecular complexity index is 755. The van der Waals surface area contributed by atoms with Crippen LogP contribution in [0.25, 0.3) is 0 Å². The second-order valence-corrected chi connectivity index (χ2v) is 5.68. The molecular weight excluding hydrogens is 321 g/mol. The number of aromatic nitrogens is 1. The van der Waals surface area contributed by atoms with Gasteiger partial charge in [0.05, 0.1) is 13.1 Å². The van der Waals surface area contributed by atoms with Crippen LogP contribution in [0.2, 0.25) is 0 Å². The van der Waals surface area contributed by atoms with Crippen molar-refractivity contribution in [1.29, 1.82) is 0 Å². The van der Waals surface area contributed by atoms with Crippen LogP contribution in [0.4, 0.5) is 13.2 Å². The number of carbonyl (C=O) groups is 1. The van der Waals surface area contributed by atoms with E-state index in [1.807, 2.05) is 19.1 Å². The Labute approximate surface area is 136 Å². The molecule has 1 aliphatic heterocycles. The van der Waals surface area contributed by atoms with E-state index >= 15 is 0 Å². The van der Waals surface area contributed by atoms with Gasteiger partial charge < -0.3 is 9.64 Å². The summed E-state index contributed by atoms with van der Waals surface area (Å²) in [6.45, 7) is 2.55. The SMILES string of the molecule is Cc1cccc(C(=O)N2CC(Oc3cccc(C(F)(F)F)n3)C2)c1. The average molecular weight is 336 g/mol. The molecule has 1 amide bonds. The minimum Gasteiger partial charge on any atom is -0.471 e. The van der Waals surface area contributed by atoms with Gasteiger partial charge in [0.1, 0.15) is 11.8 Å². The number of hydrogen-bond donors (Lipinski definition) is 0. The smallest absolute Gasteiger partial charge is 0.433 e. The zero-order valence-corrected chi connectivity index (χ0v) is 12.9. The van der Waals surface area contributed by atoms with Crippen molar-refractivity contribution >= 4 is 5.91 Å². The lowest BCUT2D eigenvalue weighted by atomic mass is 10.1. The molecule has 3 rings (SSSR count). The third kappa shape index (κ3) is 3.50. The van der Waals surface area contributed by atoms with Crippen molar-refractivity contribution < 1.29 is 22.7 Å². The van der Waals surface area contributed by atoms with Crippen LogP contribution in [0.1, 0.15) is 21.6 Å². The Balaban J connectivity index is 1.59. The number of hydrogen-bond acceptors (Lipinski definition) is 3. The Hall–Kier alpha value is -2.57. The molecule has 1 saturated heterocycles. The van der Waals surface area contributed by atoms with Crippen molar-refractivity contribution in [1.82, 2.24) is 9.88 Å². The van der Waals surface area contributed by atoms with Crippen LogP contribution in [-0.2, 0) is 6.18 Å². The molecule has 4 nitrogen and oxygen atoms in total. The number of likely N-dealkylation sites (tertiary alicyclic amines) is 1. The first kappa shape index (κ1) is 16.3. The lowest BCUT2D eigenvalue weighted by Crippen LogP contribution is -2.56. The van der Waals surface area contributed by atoms with Gasteiger partial charge in [-0.1, -0.05) is 23.8 Å². The lowest BCUT2D eigenvalue weighted by molar-refractivity contribution is -0.141. The highest BCUT2D eigenvalue weighted by Crippen LogP contribution is 2.29. The van der Waals surface area contributed by atoms with E-state index in [-0.39, 0.29) is 17.9 Å². The minimum absolute atomic E-state index is 0.0857. The number of amides is 1.